The van der Waals surface area contributed by atoms with Crippen LogP contribution in [0.2, 0.25) is 0 Å². The SMILES string of the molecule is C=CCNC(=NC)NCC(C)(O)c1ccc(C)o1. The molecule has 0 radical (unpaired) electrons. The number of aliphatic imine (C=N–C) groups is 1. The van der Waals surface area contributed by atoms with Crippen molar-refractivity contribution in [3.63, 3.8) is 0 Å². The van der Waals surface area contributed by atoms with E-state index >= 15 is 0 Å². The Kier molecular flexibility index (Phi) is 4.97. The smallest absolute Gasteiger partial charge is 0.191 e. The minimum Gasteiger partial charge on any atom is -0.463 e. The van der Waals surface area contributed by atoms with Gasteiger partial charge in [-0.3, -0.25) is 4.99 Å². The number of rotatable bonds is 5. The van der Waals surface area contributed by atoms with Gasteiger partial charge in [0.15, 0.2) is 5.96 Å². The van der Waals surface area contributed by atoms with Crippen molar-refractivity contribution in [2.24, 2.45) is 4.99 Å². The third kappa shape index (κ3) is 3.92. The zero-order valence-electron chi connectivity index (χ0n) is 11.2. The Hall–Kier alpha value is -1.75. The molecule has 1 aromatic heterocycles. The molecule has 5 heteroatoms. The Morgan fingerprint density at radius 1 is 1.56 bits per heavy atom. The Morgan fingerprint density at radius 2 is 2.28 bits per heavy atom. The summed E-state index contributed by atoms with van der Waals surface area (Å²) in [5.74, 6) is 1.92. The maximum Gasteiger partial charge on any atom is 0.191 e. The number of nitrogens with one attached hydrogen (secondary N) is 2. The molecular formula is C13H21N3O2. The standard InChI is InChI=1S/C13H21N3O2/c1-5-8-15-12(14-4)16-9-13(3,17)11-7-6-10(2)18-11/h5-7,17H,1,8-9H2,2-4H3,(H2,14,15,16). The fourth-order valence-corrected chi connectivity index (χ4v) is 1.46. The molecule has 0 aliphatic rings. The maximum absolute atomic E-state index is 10.3. The summed E-state index contributed by atoms with van der Waals surface area (Å²) in [5, 5.41) is 16.4. The maximum atomic E-state index is 10.3. The summed E-state index contributed by atoms with van der Waals surface area (Å²) >= 11 is 0. The normalized spacial score (nSPS) is 15.0. The molecule has 0 saturated carbocycles. The molecule has 0 aliphatic carbocycles. The predicted molar refractivity (Wildman–Crippen MR) is 72.6 cm³/mol. The first-order chi connectivity index (χ1) is 8.49. The molecule has 0 spiro atoms. The van der Waals surface area contributed by atoms with E-state index in [9.17, 15) is 5.11 Å². The van der Waals surface area contributed by atoms with E-state index in [1.54, 1.807) is 26.1 Å². The van der Waals surface area contributed by atoms with Gasteiger partial charge >= 0.3 is 0 Å². The summed E-state index contributed by atoms with van der Waals surface area (Å²) in [6.45, 7) is 8.07. The van der Waals surface area contributed by atoms with Gasteiger partial charge in [0.05, 0.1) is 6.54 Å². The summed E-state index contributed by atoms with van der Waals surface area (Å²) in [7, 11) is 1.67. The second-order valence-electron chi connectivity index (χ2n) is 4.28. The highest BCUT2D eigenvalue weighted by Gasteiger charge is 2.26. The molecule has 5 nitrogen and oxygen atoms in total. The fourth-order valence-electron chi connectivity index (χ4n) is 1.46. The van der Waals surface area contributed by atoms with Crippen molar-refractivity contribution in [1.82, 2.24) is 10.6 Å². The number of aliphatic hydroxyl groups is 1. The first kappa shape index (κ1) is 14.3. The van der Waals surface area contributed by atoms with Gasteiger partial charge in [0.1, 0.15) is 17.1 Å². The first-order valence-electron chi connectivity index (χ1n) is 5.84. The van der Waals surface area contributed by atoms with Crippen molar-refractivity contribution in [2.45, 2.75) is 19.4 Å². The van der Waals surface area contributed by atoms with Gasteiger partial charge in [-0.05, 0) is 26.0 Å². The van der Waals surface area contributed by atoms with Crippen molar-refractivity contribution < 1.29 is 9.52 Å². The van der Waals surface area contributed by atoms with Crippen LogP contribution in [0.25, 0.3) is 0 Å². The second kappa shape index (κ2) is 6.26. The van der Waals surface area contributed by atoms with Gasteiger partial charge in [-0.1, -0.05) is 6.08 Å². The molecule has 0 bridgehead atoms. The topological polar surface area (TPSA) is 69.8 Å². The summed E-state index contributed by atoms with van der Waals surface area (Å²) in [6.07, 6.45) is 1.74. The van der Waals surface area contributed by atoms with Gasteiger partial charge in [0.25, 0.3) is 0 Å². The number of guanidine groups is 1. The van der Waals surface area contributed by atoms with E-state index in [4.69, 9.17) is 4.42 Å². The third-order valence-electron chi connectivity index (χ3n) is 2.51. The lowest BCUT2D eigenvalue weighted by atomic mass is 10.0. The molecule has 0 saturated heterocycles. The fraction of sp³-hybridized carbons (Fsp3) is 0.462. The lowest BCUT2D eigenvalue weighted by Crippen LogP contribution is -2.44. The molecule has 0 aromatic carbocycles. The van der Waals surface area contributed by atoms with Crippen LogP contribution >= 0.6 is 0 Å². The number of hydrogen-bond donors (Lipinski definition) is 3. The Bertz CT molecular complexity index is 422. The molecule has 1 rings (SSSR count). The molecule has 18 heavy (non-hydrogen) atoms. The summed E-state index contributed by atoms with van der Waals surface area (Å²) < 4.78 is 5.43. The zero-order valence-corrected chi connectivity index (χ0v) is 11.2. The van der Waals surface area contributed by atoms with Gasteiger partial charge in [0.2, 0.25) is 0 Å². The van der Waals surface area contributed by atoms with Gasteiger partial charge in [-0.25, -0.2) is 0 Å². The molecule has 1 unspecified atom stereocenters. The van der Waals surface area contributed by atoms with Gasteiger partial charge in [-0.2, -0.15) is 0 Å². The molecule has 100 valence electrons. The van der Waals surface area contributed by atoms with Crippen LogP contribution in [0.3, 0.4) is 0 Å². The van der Waals surface area contributed by atoms with E-state index in [1.165, 1.54) is 0 Å². The molecule has 1 heterocycles. The Morgan fingerprint density at radius 3 is 2.78 bits per heavy atom. The molecular weight excluding hydrogens is 230 g/mol. The molecule has 0 fully saturated rings. The molecule has 1 atom stereocenters. The van der Waals surface area contributed by atoms with Crippen LogP contribution in [-0.2, 0) is 5.60 Å². The van der Waals surface area contributed by atoms with E-state index in [0.717, 1.165) is 5.76 Å². The average molecular weight is 251 g/mol. The lowest BCUT2D eigenvalue weighted by Gasteiger charge is -2.22. The van der Waals surface area contributed by atoms with E-state index in [1.807, 2.05) is 13.0 Å². The van der Waals surface area contributed by atoms with Crippen LogP contribution in [0.1, 0.15) is 18.4 Å². The number of furan rings is 1. The van der Waals surface area contributed by atoms with Crippen LogP contribution in [0.5, 0.6) is 0 Å². The van der Waals surface area contributed by atoms with Crippen molar-refractivity contribution in [3.05, 3.63) is 36.3 Å². The largest absolute Gasteiger partial charge is 0.463 e. The summed E-state index contributed by atoms with van der Waals surface area (Å²) in [6, 6.07) is 3.60. The predicted octanol–water partition coefficient (Wildman–Crippen LogP) is 1.15. The summed E-state index contributed by atoms with van der Waals surface area (Å²) in [4.78, 5) is 4.03. The average Bonchev–Trinajstić information content (AvgIpc) is 2.77. The monoisotopic (exact) mass is 251 g/mol. The van der Waals surface area contributed by atoms with Crippen molar-refractivity contribution in [3.8, 4) is 0 Å². The van der Waals surface area contributed by atoms with Crippen molar-refractivity contribution >= 4 is 5.96 Å². The van der Waals surface area contributed by atoms with Crippen LogP contribution < -0.4 is 10.6 Å². The highest BCUT2D eigenvalue weighted by Crippen LogP contribution is 2.21. The Balaban J connectivity index is 2.58. The highest BCUT2D eigenvalue weighted by atomic mass is 16.4. The molecule has 0 amide bonds. The molecule has 0 aliphatic heterocycles. The minimum absolute atomic E-state index is 0.302. The lowest BCUT2D eigenvalue weighted by molar-refractivity contribution is 0.0378. The molecule has 1 aromatic rings. The van der Waals surface area contributed by atoms with Gasteiger partial charge in [-0.15, -0.1) is 6.58 Å². The van der Waals surface area contributed by atoms with Crippen LogP contribution in [0.15, 0.2) is 34.2 Å². The van der Waals surface area contributed by atoms with E-state index in [0.29, 0.717) is 24.8 Å². The summed E-state index contributed by atoms with van der Waals surface area (Å²) in [5.41, 5.74) is -1.08. The number of aryl methyl sites for hydroxylation is 1. The Labute approximate surface area is 108 Å². The van der Waals surface area contributed by atoms with Gasteiger partial charge < -0.3 is 20.2 Å². The first-order valence-corrected chi connectivity index (χ1v) is 5.84. The molecule has 3 N–H and O–H groups in total. The van der Waals surface area contributed by atoms with Crippen molar-refractivity contribution in [1.29, 1.82) is 0 Å². The minimum atomic E-state index is -1.08. The van der Waals surface area contributed by atoms with E-state index < -0.39 is 5.60 Å². The van der Waals surface area contributed by atoms with E-state index in [-0.39, 0.29) is 0 Å². The second-order valence-corrected chi connectivity index (χ2v) is 4.28. The van der Waals surface area contributed by atoms with Gasteiger partial charge in [0, 0.05) is 13.6 Å². The zero-order chi connectivity index (χ0) is 13.6. The van der Waals surface area contributed by atoms with Crippen LogP contribution in [0.4, 0.5) is 0 Å². The van der Waals surface area contributed by atoms with Crippen molar-refractivity contribution in [2.75, 3.05) is 20.1 Å². The number of hydrogen-bond acceptors (Lipinski definition) is 3. The third-order valence-corrected chi connectivity index (χ3v) is 2.51. The van der Waals surface area contributed by atoms with Crippen LogP contribution in [-0.4, -0.2) is 31.2 Å². The quantitative estimate of drug-likeness (QED) is 0.417. The van der Waals surface area contributed by atoms with Crippen LogP contribution in [0, 0.1) is 6.92 Å². The number of nitrogens with zero attached hydrogens (tertiary/aromatic N) is 1. The van der Waals surface area contributed by atoms with E-state index in [2.05, 4.69) is 22.2 Å². The highest BCUT2D eigenvalue weighted by molar-refractivity contribution is 5.79.